The van der Waals surface area contributed by atoms with Crippen LogP contribution in [0.3, 0.4) is 0 Å². The van der Waals surface area contributed by atoms with E-state index in [1.165, 1.54) is 27.2 Å². The highest BCUT2D eigenvalue weighted by molar-refractivity contribution is 7.99. The summed E-state index contributed by atoms with van der Waals surface area (Å²) in [5, 5.41) is 0. The summed E-state index contributed by atoms with van der Waals surface area (Å²) in [5.74, 6) is -2.10. The number of rotatable bonds is 9. The van der Waals surface area contributed by atoms with Crippen LogP contribution in [0.4, 0.5) is 23.2 Å². The molecule has 0 aromatic heterocycles. The van der Waals surface area contributed by atoms with E-state index in [1.54, 1.807) is 18.2 Å². The number of esters is 1. The maximum absolute atomic E-state index is 14.8. The van der Waals surface area contributed by atoms with Crippen molar-refractivity contribution in [3.8, 4) is 0 Å². The van der Waals surface area contributed by atoms with Crippen LogP contribution in [0.15, 0.2) is 41.3 Å². The summed E-state index contributed by atoms with van der Waals surface area (Å²) in [6.45, 7) is 0.811. The Balaban J connectivity index is 2.52. The molecule has 0 saturated heterocycles. The molecule has 1 atom stereocenters. The molecule has 0 fully saturated rings. The number of anilines is 1. The number of methoxy groups -OCH3 is 2. The average Bonchev–Trinajstić information content (AvgIpc) is 2.73. The molecule has 5 nitrogen and oxygen atoms in total. The Morgan fingerprint density at radius 1 is 1.13 bits per heavy atom. The number of ether oxygens (including phenoxy) is 2. The van der Waals surface area contributed by atoms with Crippen LogP contribution in [0.2, 0.25) is 0 Å². The zero-order valence-corrected chi connectivity index (χ0v) is 17.8. The molecule has 1 unspecified atom stereocenters. The molecule has 10 heteroatoms. The van der Waals surface area contributed by atoms with Crippen molar-refractivity contribution in [3.63, 3.8) is 0 Å². The third-order valence-electron chi connectivity index (χ3n) is 4.29. The van der Waals surface area contributed by atoms with Gasteiger partial charge in [-0.15, -0.1) is 0 Å². The minimum atomic E-state index is -3.23. The van der Waals surface area contributed by atoms with Crippen LogP contribution >= 0.6 is 11.8 Å². The fraction of sp³-hybridized carbons (Fsp3) is 0.333. The van der Waals surface area contributed by atoms with Gasteiger partial charge in [-0.3, -0.25) is 4.79 Å². The minimum Gasteiger partial charge on any atom is -0.465 e. The number of amides is 1. The lowest BCUT2D eigenvalue weighted by Crippen LogP contribution is -2.34. The van der Waals surface area contributed by atoms with Crippen molar-refractivity contribution in [2.75, 3.05) is 25.7 Å². The van der Waals surface area contributed by atoms with Gasteiger partial charge in [-0.25, -0.2) is 22.4 Å². The Labute approximate surface area is 181 Å². The standard InChI is InChI=1S/C21H21F4NO4S/c1-12-8-15(22)16(9-17(12)31-20(25)19(23)24)26(18(27)11-29-2)10-13-6-4-5-7-14(13)21(28)30-3/h4-9,19-20H,10-11H2,1-3H3. The summed E-state index contributed by atoms with van der Waals surface area (Å²) in [6.07, 6.45) is -3.23. The molecule has 0 aliphatic carbocycles. The summed E-state index contributed by atoms with van der Waals surface area (Å²) >= 11 is 0.235. The number of nitrogens with zero attached hydrogens (tertiary/aromatic N) is 1. The van der Waals surface area contributed by atoms with Gasteiger partial charge in [-0.1, -0.05) is 30.0 Å². The molecule has 2 aromatic rings. The van der Waals surface area contributed by atoms with Crippen LogP contribution in [0, 0.1) is 12.7 Å². The van der Waals surface area contributed by atoms with Gasteiger partial charge >= 0.3 is 5.97 Å². The number of carbonyl (C=O) groups excluding carboxylic acids is 2. The largest absolute Gasteiger partial charge is 0.465 e. The summed E-state index contributed by atoms with van der Waals surface area (Å²) in [7, 11) is 2.48. The molecule has 0 aliphatic heterocycles. The lowest BCUT2D eigenvalue weighted by Gasteiger charge is -2.25. The number of carbonyl (C=O) groups is 2. The molecule has 31 heavy (non-hydrogen) atoms. The second kappa shape index (κ2) is 11.1. The van der Waals surface area contributed by atoms with Gasteiger partial charge in [0.05, 0.1) is 24.9 Å². The Morgan fingerprint density at radius 2 is 1.81 bits per heavy atom. The molecule has 0 N–H and O–H groups in total. The number of alkyl halides is 3. The Kier molecular flexibility index (Phi) is 8.88. The Bertz CT molecular complexity index is 942. The number of aryl methyl sites for hydroxylation is 1. The highest BCUT2D eigenvalue weighted by atomic mass is 32.2. The fourth-order valence-corrected chi connectivity index (χ4v) is 3.57. The maximum Gasteiger partial charge on any atom is 0.338 e. The molecule has 2 aromatic carbocycles. The topological polar surface area (TPSA) is 55.8 Å². The van der Waals surface area contributed by atoms with Crippen LogP contribution in [-0.2, 0) is 20.8 Å². The summed E-state index contributed by atoms with van der Waals surface area (Å²) in [5.41, 5.74) is -1.99. The lowest BCUT2D eigenvalue weighted by atomic mass is 10.1. The van der Waals surface area contributed by atoms with Crippen LogP contribution in [0.5, 0.6) is 0 Å². The minimum absolute atomic E-state index is 0.0562. The van der Waals surface area contributed by atoms with E-state index < -0.39 is 36.2 Å². The summed E-state index contributed by atoms with van der Waals surface area (Å²) in [4.78, 5) is 25.8. The molecular weight excluding hydrogens is 438 g/mol. The molecule has 0 aliphatic rings. The van der Waals surface area contributed by atoms with Crippen molar-refractivity contribution >= 4 is 29.3 Å². The van der Waals surface area contributed by atoms with Crippen molar-refractivity contribution in [2.24, 2.45) is 0 Å². The second-order valence-electron chi connectivity index (χ2n) is 6.43. The molecule has 168 valence electrons. The zero-order chi connectivity index (χ0) is 23.1. The van der Waals surface area contributed by atoms with E-state index in [4.69, 9.17) is 9.47 Å². The van der Waals surface area contributed by atoms with Crippen molar-refractivity contribution in [3.05, 3.63) is 58.9 Å². The highest BCUT2D eigenvalue weighted by Crippen LogP contribution is 2.35. The van der Waals surface area contributed by atoms with Gasteiger partial charge in [0, 0.05) is 12.0 Å². The molecule has 0 heterocycles. The first-order valence-corrected chi connectivity index (χ1v) is 9.92. The van der Waals surface area contributed by atoms with Gasteiger partial charge < -0.3 is 14.4 Å². The third kappa shape index (κ3) is 6.20. The van der Waals surface area contributed by atoms with Gasteiger partial charge in [-0.05, 0) is 36.2 Å². The first-order chi connectivity index (χ1) is 14.7. The van der Waals surface area contributed by atoms with Crippen LogP contribution in [0.25, 0.3) is 0 Å². The third-order valence-corrected chi connectivity index (χ3v) is 5.42. The van der Waals surface area contributed by atoms with Gasteiger partial charge in [0.25, 0.3) is 12.3 Å². The fourth-order valence-electron chi connectivity index (χ4n) is 2.80. The van der Waals surface area contributed by atoms with Gasteiger partial charge in [0.1, 0.15) is 12.4 Å². The van der Waals surface area contributed by atoms with E-state index in [0.29, 0.717) is 5.56 Å². The predicted octanol–water partition coefficient (Wildman–Crippen LogP) is 4.75. The van der Waals surface area contributed by atoms with E-state index >= 15 is 0 Å². The number of benzene rings is 2. The second-order valence-corrected chi connectivity index (χ2v) is 7.56. The van der Waals surface area contributed by atoms with Gasteiger partial charge in [-0.2, -0.15) is 0 Å². The average molecular weight is 459 g/mol. The number of halogens is 4. The molecular formula is C21H21F4NO4S. The maximum atomic E-state index is 14.8. The number of thioether (sulfide) groups is 1. The normalized spacial score (nSPS) is 12.0. The highest BCUT2D eigenvalue weighted by Gasteiger charge is 2.26. The van der Waals surface area contributed by atoms with E-state index in [2.05, 4.69) is 0 Å². The van der Waals surface area contributed by atoms with Gasteiger partial charge in [0.2, 0.25) is 5.50 Å². The number of hydrogen-bond acceptors (Lipinski definition) is 5. The first kappa shape index (κ1) is 24.7. The molecule has 0 saturated carbocycles. The molecule has 0 radical (unpaired) electrons. The summed E-state index contributed by atoms with van der Waals surface area (Å²) in [6, 6.07) is 8.46. The predicted molar refractivity (Wildman–Crippen MR) is 109 cm³/mol. The van der Waals surface area contributed by atoms with E-state index in [-0.39, 0.29) is 40.0 Å². The van der Waals surface area contributed by atoms with E-state index in [1.807, 2.05) is 0 Å². The first-order valence-electron chi connectivity index (χ1n) is 9.04. The monoisotopic (exact) mass is 459 g/mol. The van der Waals surface area contributed by atoms with Crippen molar-refractivity contribution in [2.45, 2.75) is 30.3 Å². The van der Waals surface area contributed by atoms with E-state index in [0.717, 1.165) is 17.0 Å². The van der Waals surface area contributed by atoms with Gasteiger partial charge in [0.15, 0.2) is 0 Å². The Morgan fingerprint density at radius 3 is 2.42 bits per heavy atom. The molecule has 1 amide bonds. The van der Waals surface area contributed by atoms with Crippen molar-refractivity contribution in [1.29, 1.82) is 0 Å². The lowest BCUT2D eigenvalue weighted by molar-refractivity contribution is -0.122. The smallest absolute Gasteiger partial charge is 0.338 e. The Hall–Kier alpha value is -2.59. The van der Waals surface area contributed by atoms with Crippen molar-refractivity contribution < 1.29 is 36.6 Å². The number of hydrogen-bond donors (Lipinski definition) is 0. The van der Waals surface area contributed by atoms with Crippen LogP contribution < -0.4 is 4.90 Å². The zero-order valence-electron chi connectivity index (χ0n) is 17.0. The SMILES string of the molecule is COCC(=O)N(Cc1ccccc1C(=O)OC)c1cc(SC(F)C(F)F)c(C)cc1F. The van der Waals surface area contributed by atoms with Crippen LogP contribution in [-0.4, -0.2) is 44.6 Å². The molecule has 2 rings (SSSR count). The molecule has 0 bridgehead atoms. The quantitative estimate of drug-likeness (QED) is 0.308. The van der Waals surface area contributed by atoms with Crippen LogP contribution in [0.1, 0.15) is 21.5 Å². The van der Waals surface area contributed by atoms with Crippen molar-refractivity contribution in [1.82, 2.24) is 0 Å². The van der Waals surface area contributed by atoms with E-state index in [9.17, 15) is 27.2 Å². The molecule has 0 spiro atoms. The summed E-state index contributed by atoms with van der Waals surface area (Å²) < 4.78 is 63.3.